The first kappa shape index (κ1) is 22.0. The summed E-state index contributed by atoms with van der Waals surface area (Å²) >= 11 is 1.37. The summed E-state index contributed by atoms with van der Waals surface area (Å²) in [7, 11) is 1.39. The molecule has 0 atom stereocenters. The minimum absolute atomic E-state index is 0.0860. The summed E-state index contributed by atoms with van der Waals surface area (Å²) in [4.78, 5) is 36.6. The van der Waals surface area contributed by atoms with Crippen molar-refractivity contribution in [1.29, 1.82) is 0 Å². The van der Waals surface area contributed by atoms with Crippen LogP contribution in [0.15, 0.2) is 18.2 Å². The van der Waals surface area contributed by atoms with E-state index in [1.165, 1.54) is 37.8 Å². The van der Waals surface area contributed by atoms with E-state index in [9.17, 15) is 19.7 Å². The average molecular weight is 410 g/mol. The number of amides is 2. The number of nitro benzene ring substituents is 1. The molecule has 2 amide bonds. The largest absolute Gasteiger partial charge is 0.490 e. The van der Waals surface area contributed by atoms with Gasteiger partial charge in [0.15, 0.2) is 5.75 Å². The number of benzene rings is 1. The molecule has 1 heterocycles. The molecule has 0 bridgehead atoms. The Morgan fingerprint density at radius 2 is 1.96 bits per heavy atom. The van der Waals surface area contributed by atoms with Gasteiger partial charge in [0.05, 0.1) is 17.8 Å². The number of hydrogen-bond donors (Lipinski definition) is 1. The van der Waals surface area contributed by atoms with Gasteiger partial charge in [-0.2, -0.15) is 0 Å². The fourth-order valence-electron chi connectivity index (χ4n) is 3.07. The van der Waals surface area contributed by atoms with Crippen molar-refractivity contribution in [3.8, 4) is 5.75 Å². The van der Waals surface area contributed by atoms with Crippen LogP contribution in [0.4, 0.5) is 5.69 Å². The molecule has 9 heteroatoms. The molecule has 1 aromatic rings. The highest BCUT2D eigenvalue weighted by Gasteiger charge is 2.16. The van der Waals surface area contributed by atoms with Crippen molar-refractivity contribution in [2.45, 2.75) is 37.9 Å². The molecule has 1 aliphatic rings. The third-order valence-electron chi connectivity index (χ3n) is 4.56. The van der Waals surface area contributed by atoms with E-state index in [-0.39, 0.29) is 29.0 Å². The Labute approximate surface area is 169 Å². The molecule has 1 aromatic carbocycles. The van der Waals surface area contributed by atoms with Crippen LogP contribution in [0.3, 0.4) is 0 Å². The Morgan fingerprint density at radius 1 is 1.25 bits per heavy atom. The van der Waals surface area contributed by atoms with E-state index in [0.717, 1.165) is 31.5 Å². The quantitative estimate of drug-likeness (QED) is 0.497. The SMILES string of the molecule is COc1ccc(CSCC(=O)NCCC(=O)N2CCCCCC2)cc1[N+](=O)[O-]. The van der Waals surface area contributed by atoms with Crippen molar-refractivity contribution in [3.05, 3.63) is 33.9 Å². The van der Waals surface area contributed by atoms with Crippen LogP contribution in [0.5, 0.6) is 5.75 Å². The molecular weight excluding hydrogens is 382 g/mol. The second-order valence-corrected chi connectivity index (χ2v) is 7.64. The molecule has 0 aromatic heterocycles. The Balaban J connectivity index is 1.68. The molecule has 2 rings (SSSR count). The predicted octanol–water partition coefficient (Wildman–Crippen LogP) is 2.75. The molecule has 154 valence electrons. The third kappa shape index (κ3) is 7.03. The van der Waals surface area contributed by atoms with Crippen LogP contribution in [0, 0.1) is 10.1 Å². The van der Waals surface area contributed by atoms with Gasteiger partial charge in [-0.3, -0.25) is 19.7 Å². The van der Waals surface area contributed by atoms with E-state index in [2.05, 4.69) is 5.32 Å². The van der Waals surface area contributed by atoms with Crippen LogP contribution in [0.1, 0.15) is 37.7 Å². The first-order valence-corrected chi connectivity index (χ1v) is 10.6. The monoisotopic (exact) mass is 409 g/mol. The Bertz CT molecular complexity index is 690. The number of nitro groups is 1. The molecular formula is C19H27N3O5S. The maximum Gasteiger partial charge on any atom is 0.311 e. The van der Waals surface area contributed by atoms with Gasteiger partial charge >= 0.3 is 5.69 Å². The number of nitrogens with one attached hydrogen (secondary N) is 1. The Kier molecular flexibility index (Phi) is 9.06. The van der Waals surface area contributed by atoms with Gasteiger partial charge in [0.1, 0.15) is 0 Å². The summed E-state index contributed by atoms with van der Waals surface area (Å²) in [6.45, 7) is 1.97. The summed E-state index contributed by atoms with van der Waals surface area (Å²) in [6, 6.07) is 4.77. The molecule has 1 fully saturated rings. The Hall–Kier alpha value is -2.29. The number of hydrogen-bond acceptors (Lipinski definition) is 6. The van der Waals surface area contributed by atoms with Crippen LogP contribution in [0.25, 0.3) is 0 Å². The van der Waals surface area contributed by atoms with Crippen LogP contribution in [0.2, 0.25) is 0 Å². The molecule has 0 aliphatic carbocycles. The van der Waals surface area contributed by atoms with Gasteiger partial charge in [-0.1, -0.05) is 18.9 Å². The van der Waals surface area contributed by atoms with Crippen molar-refractivity contribution in [2.24, 2.45) is 0 Å². The van der Waals surface area contributed by atoms with Crippen molar-refractivity contribution in [2.75, 3.05) is 32.5 Å². The molecule has 0 unspecified atom stereocenters. The van der Waals surface area contributed by atoms with E-state index in [1.54, 1.807) is 12.1 Å². The van der Waals surface area contributed by atoms with Gasteiger partial charge in [-0.25, -0.2) is 0 Å². The summed E-state index contributed by atoms with van der Waals surface area (Å²) in [5.41, 5.74) is 0.665. The Morgan fingerprint density at radius 3 is 2.61 bits per heavy atom. The van der Waals surface area contributed by atoms with Crippen LogP contribution < -0.4 is 10.1 Å². The van der Waals surface area contributed by atoms with Crippen molar-refractivity contribution in [1.82, 2.24) is 10.2 Å². The number of rotatable bonds is 9. The van der Waals surface area contributed by atoms with Crippen LogP contribution in [-0.4, -0.2) is 54.1 Å². The fraction of sp³-hybridized carbons (Fsp3) is 0.579. The second kappa shape index (κ2) is 11.5. The highest BCUT2D eigenvalue weighted by molar-refractivity contribution is 7.99. The van der Waals surface area contributed by atoms with Crippen molar-refractivity contribution >= 4 is 29.3 Å². The molecule has 0 saturated carbocycles. The van der Waals surface area contributed by atoms with Gasteiger partial charge in [-0.15, -0.1) is 11.8 Å². The molecule has 28 heavy (non-hydrogen) atoms. The van der Waals surface area contributed by atoms with Crippen LogP contribution in [-0.2, 0) is 15.3 Å². The summed E-state index contributed by atoms with van der Waals surface area (Å²) in [5.74, 6) is 0.880. The van der Waals surface area contributed by atoms with Crippen LogP contribution >= 0.6 is 11.8 Å². The maximum atomic E-state index is 12.2. The molecule has 0 spiro atoms. The van der Waals surface area contributed by atoms with Gasteiger partial charge in [0, 0.05) is 37.9 Å². The molecule has 8 nitrogen and oxygen atoms in total. The summed E-state index contributed by atoms with van der Waals surface area (Å²) < 4.78 is 4.98. The number of carbonyl (C=O) groups excluding carboxylic acids is 2. The number of nitrogens with zero attached hydrogens (tertiary/aromatic N) is 2. The lowest BCUT2D eigenvalue weighted by Gasteiger charge is -2.20. The lowest BCUT2D eigenvalue weighted by atomic mass is 10.2. The molecule has 1 N–H and O–H groups in total. The van der Waals surface area contributed by atoms with E-state index < -0.39 is 4.92 Å². The molecule has 1 saturated heterocycles. The zero-order valence-electron chi connectivity index (χ0n) is 16.1. The fourth-order valence-corrected chi connectivity index (χ4v) is 3.87. The number of carbonyl (C=O) groups is 2. The highest BCUT2D eigenvalue weighted by atomic mass is 32.2. The van der Waals surface area contributed by atoms with E-state index in [0.29, 0.717) is 18.7 Å². The van der Waals surface area contributed by atoms with Gasteiger partial charge in [-0.05, 0) is 24.5 Å². The average Bonchev–Trinajstić information content (AvgIpc) is 2.97. The maximum absolute atomic E-state index is 12.2. The lowest BCUT2D eigenvalue weighted by molar-refractivity contribution is -0.385. The zero-order chi connectivity index (χ0) is 20.4. The van der Waals surface area contributed by atoms with Gasteiger partial charge < -0.3 is 15.0 Å². The number of methoxy groups -OCH3 is 1. The number of likely N-dealkylation sites (tertiary alicyclic amines) is 1. The minimum atomic E-state index is -0.485. The van der Waals surface area contributed by atoms with E-state index in [1.807, 2.05) is 4.90 Å². The van der Waals surface area contributed by atoms with Crippen molar-refractivity contribution < 1.29 is 19.2 Å². The predicted molar refractivity (Wildman–Crippen MR) is 108 cm³/mol. The number of ether oxygens (including phenoxy) is 1. The topological polar surface area (TPSA) is 102 Å². The van der Waals surface area contributed by atoms with E-state index >= 15 is 0 Å². The standard InChI is InChI=1S/C19H27N3O5S/c1-27-17-7-6-15(12-16(17)22(25)26)13-28-14-18(23)20-9-8-19(24)21-10-4-2-3-5-11-21/h6-7,12H,2-5,8-11,13-14H2,1H3,(H,20,23). The first-order valence-electron chi connectivity index (χ1n) is 9.45. The van der Waals surface area contributed by atoms with Gasteiger partial charge in [0.2, 0.25) is 11.8 Å². The zero-order valence-corrected chi connectivity index (χ0v) is 17.0. The van der Waals surface area contributed by atoms with Crippen molar-refractivity contribution in [3.63, 3.8) is 0 Å². The van der Waals surface area contributed by atoms with Gasteiger partial charge in [0.25, 0.3) is 0 Å². The lowest BCUT2D eigenvalue weighted by Crippen LogP contribution is -2.35. The normalized spacial score (nSPS) is 14.2. The third-order valence-corrected chi connectivity index (χ3v) is 5.57. The summed E-state index contributed by atoms with van der Waals surface area (Å²) in [5, 5.41) is 13.8. The minimum Gasteiger partial charge on any atom is -0.490 e. The molecule has 1 aliphatic heterocycles. The highest BCUT2D eigenvalue weighted by Crippen LogP contribution is 2.28. The number of thioether (sulfide) groups is 1. The second-order valence-electron chi connectivity index (χ2n) is 6.65. The smallest absolute Gasteiger partial charge is 0.311 e. The first-order chi connectivity index (χ1) is 13.5. The van der Waals surface area contributed by atoms with E-state index in [4.69, 9.17) is 4.74 Å². The summed E-state index contributed by atoms with van der Waals surface area (Å²) in [6.07, 6.45) is 4.78. The molecule has 0 radical (unpaired) electrons.